The lowest BCUT2D eigenvalue weighted by Crippen LogP contribution is -2.14. The zero-order chi connectivity index (χ0) is 23.9. The Morgan fingerprint density at radius 2 is 1.79 bits per heavy atom. The lowest BCUT2D eigenvalue weighted by molar-refractivity contribution is -0.113. The molecule has 0 fully saturated rings. The van der Waals surface area contributed by atoms with Gasteiger partial charge in [0.05, 0.1) is 18.6 Å². The highest BCUT2D eigenvalue weighted by molar-refractivity contribution is 9.10. The van der Waals surface area contributed by atoms with Crippen molar-refractivity contribution in [3.63, 3.8) is 0 Å². The number of methoxy groups -OCH3 is 1. The molecule has 172 valence electrons. The highest BCUT2D eigenvalue weighted by atomic mass is 79.9. The van der Waals surface area contributed by atoms with Gasteiger partial charge in [0.2, 0.25) is 5.91 Å². The van der Waals surface area contributed by atoms with E-state index in [1.54, 1.807) is 31.4 Å². The van der Waals surface area contributed by atoms with Crippen molar-refractivity contribution >= 4 is 61.7 Å². The first-order valence-electron chi connectivity index (χ1n) is 10.2. The second kappa shape index (κ2) is 11.3. The van der Waals surface area contributed by atoms with E-state index in [0.717, 1.165) is 20.6 Å². The topological polar surface area (TPSA) is 80.3 Å². The molecule has 34 heavy (non-hydrogen) atoms. The molecule has 0 spiro atoms. The van der Waals surface area contributed by atoms with Gasteiger partial charge in [-0.15, -0.1) is 23.1 Å². The monoisotopic (exact) mass is 553 g/mol. The molecule has 0 bridgehead atoms. The molecule has 0 aliphatic rings. The van der Waals surface area contributed by atoms with Crippen LogP contribution in [0.1, 0.15) is 10.4 Å². The van der Waals surface area contributed by atoms with Gasteiger partial charge >= 0.3 is 0 Å². The number of rotatable bonds is 8. The van der Waals surface area contributed by atoms with E-state index in [0.29, 0.717) is 22.1 Å². The highest BCUT2D eigenvalue weighted by Gasteiger charge is 2.10. The first kappa shape index (κ1) is 24.0. The maximum atomic E-state index is 12.5. The normalized spacial score (nSPS) is 10.5. The summed E-state index contributed by atoms with van der Waals surface area (Å²) in [6.07, 6.45) is 0. The number of aromatic nitrogens is 1. The fraction of sp³-hybridized carbons (Fsp3) is 0.0800. The van der Waals surface area contributed by atoms with Gasteiger partial charge < -0.3 is 15.4 Å². The molecule has 4 rings (SSSR count). The number of hydrogen-bond donors (Lipinski definition) is 2. The summed E-state index contributed by atoms with van der Waals surface area (Å²) in [6, 6.07) is 22.1. The third-order valence-electron chi connectivity index (χ3n) is 4.70. The van der Waals surface area contributed by atoms with E-state index in [2.05, 4.69) is 31.5 Å². The van der Waals surface area contributed by atoms with Crippen LogP contribution in [0.5, 0.6) is 5.75 Å². The summed E-state index contributed by atoms with van der Waals surface area (Å²) in [5.74, 6) is 0.557. The maximum Gasteiger partial charge on any atom is 0.255 e. The maximum absolute atomic E-state index is 12.5. The van der Waals surface area contributed by atoms with Gasteiger partial charge in [0, 0.05) is 31.6 Å². The fourth-order valence-corrected chi connectivity index (χ4v) is 4.75. The molecule has 0 aliphatic carbocycles. The number of hydrogen-bond acceptors (Lipinski definition) is 6. The molecule has 4 aromatic rings. The number of halogens is 1. The van der Waals surface area contributed by atoms with Crippen LogP contribution in [0.2, 0.25) is 0 Å². The number of benzene rings is 3. The van der Waals surface area contributed by atoms with Crippen molar-refractivity contribution in [3.05, 3.63) is 88.2 Å². The van der Waals surface area contributed by atoms with Crippen LogP contribution in [-0.4, -0.2) is 29.7 Å². The number of nitrogens with one attached hydrogen (secondary N) is 2. The number of carbonyl (C=O) groups excluding carboxylic acids is 2. The predicted octanol–water partition coefficient (Wildman–Crippen LogP) is 6.56. The molecule has 6 nitrogen and oxygen atoms in total. The van der Waals surface area contributed by atoms with E-state index in [4.69, 9.17) is 4.74 Å². The largest absolute Gasteiger partial charge is 0.497 e. The summed E-state index contributed by atoms with van der Waals surface area (Å²) < 4.78 is 6.12. The quantitative estimate of drug-likeness (QED) is 0.241. The molecule has 0 saturated carbocycles. The van der Waals surface area contributed by atoms with Crippen molar-refractivity contribution in [1.29, 1.82) is 0 Å². The predicted molar refractivity (Wildman–Crippen MR) is 142 cm³/mol. The summed E-state index contributed by atoms with van der Waals surface area (Å²) in [7, 11) is 1.58. The Labute approximate surface area is 213 Å². The van der Waals surface area contributed by atoms with Crippen LogP contribution in [0.4, 0.5) is 10.8 Å². The summed E-state index contributed by atoms with van der Waals surface area (Å²) in [4.78, 5) is 30.3. The summed E-state index contributed by atoms with van der Waals surface area (Å²) in [6.45, 7) is 0. The average Bonchev–Trinajstić information content (AvgIpc) is 3.32. The van der Waals surface area contributed by atoms with Gasteiger partial charge in [-0.1, -0.05) is 34.1 Å². The number of thiazole rings is 1. The molecule has 3 aromatic carbocycles. The van der Waals surface area contributed by atoms with Gasteiger partial charge in [0.25, 0.3) is 5.91 Å². The number of anilines is 2. The minimum Gasteiger partial charge on any atom is -0.497 e. The molecule has 0 saturated heterocycles. The number of carbonyl (C=O) groups is 2. The van der Waals surface area contributed by atoms with Crippen LogP contribution in [0.15, 0.2) is 87.5 Å². The van der Waals surface area contributed by atoms with E-state index in [1.807, 2.05) is 53.9 Å². The SMILES string of the molecule is COc1ccc(C(=O)Nc2cccc(SCC(=O)Nc3nc(-c4ccc(Br)cc4)cs3)c2)cc1. The smallest absolute Gasteiger partial charge is 0.255 e. The van der Waals surface area contributed by atoms with E-state index in [-0.39, 0.29) is 17.6 Å². The number of nitrogens with zero attached hydrogens (tertiary/aromatic N) is 1. The van der Waals surface area contributed by atoms with Gasteiger partial charge in [-0.05, 0) is 54.6 Å². The molecule has 1 aromatic heterocycles. The Bertz CT molecular complexity index is 1290. The van der Waals surface area contributed by atoms with Crippen molar-refractivity contribution in [2.24, 2.45) is 0 Å². The molecular weight excluding hydrogens is 534 g/mol. The van der Waals surface area contributed by atoms with Gasteiger partial charge in [-0.3, -0.25) is 9.59 Å². The van der Waals surface area contributed by atoms with Gasteiger partial charge in [0.1, 0.15) is 5.75 Å². The first-order valence-corrected chi connectivity index (χ1v) is 12.9. The van der Waals surface area contributed by atoms with Crippen LogP contribution in [0, 0.1) is 0 Å². The van der Waals surface area contributed by atoms with Crippen molar-refractivity contribution in [1.82, 2.24) is 4.98 Å². The van der Waals surface area contributed by atoms with Crippen LogP contribution in [-0.2, 0) is 4.79 Å². The number of amides is 2. The van der Waals surface area contributed by atoms with E-state index >= 15 is 0 Å². The fourth-order valence-electron chi connectivity index (χ4n) is 3.00. The van der Waals surface area contributed by atoms with Crippen LogP contribution in [0.3, 0.4) is 0 Å². The van der Waals surface area contributed by atoms with Gasteiger partial charge in [0.15, 0.2) is 5.13 Å². The molecule has 0 unspecified atom stereocenters. The van der Waals surface area contributed by atoms with E-state index in [1.165, 1.54) is 23.1 Å². The minimum absolute atomic E-state index is 0.144. The number of ether oxygens (including phenoxy) is 1. The zero-order valence-electron chi connectivity index (χ0n) is 18.1. The first-order chi connectivity index (χ1) is 16.5. The highest BCUT2D eigenvalue weighted by Crippen LogP contribution is 2.27. The molecule has 2 N–H and O–H groups in total. The Balaban J connectivity index is 1.30. The van der Waals surface area contributed by atoms with Gasteiger partial charge in [-0.25, -0.2) is 4.98 Å². The molecule has 0 aliphatic heterocycles. The standard InChI is InChI=1S/C25H20BrN3O3S2/c1-32-20-11-7-17(8-12-20)24(31)27-19-3-2-4-21(13-19)33-15-23(30)29-25-28-22(14-34-25)16-5-9-18(26)10-6-16/h2-14H,15H2,1H3,(H,27,31)(H,28,29,30). The summed E-state index contributed by atoms with van der Waals surface area (Å²) in [5, 5.41) is 8.21. The van der Waals surface area contributed by atoms with Crippen molar-refractivity contribution in [2.75, 3.05) is 23.5 Å². The Kier molecular flexibility index (Phi) is 7.99. The Hall–Kier alpha value is -3.14. The lowest BCUT2D eigenvalue weighted by atomic mass is 10.2. The van der Waals surface area contributed by atoms with E-state index in [9.17, 15) is 9.59 Å². The van der Waals surface area contributed by atoms with Gasteiger partial charge in [-0.2, -0.15) is 0 Å². The second-order valence-corrected chi connectivity index (χ2v) is 9.91. The second-order valence-electron chi connectivity index (χ2n) is 7.09. The van der Waals surface area contributed by atoms with Crippen molar-refractivity contribution in [2.45, 2.75) is 4.90 Å². The average molecular weight is 554 g/mol. The van der Waals surface area contributed by atoms with Crippen LogP contribution >= 0.6 is 39.0 Å². The third-order valence-corrected chi connectivity index (χ3v) is 6.98. The molecule has 0 atom stereocenters. The van der Waals surface area contributed by atoms with Crippen molar-refractivity contribution in [3.8, 4) is 17.0 Å². The molecule has 2 amide bonds. The molecular formula is C25H20BrN3O3S2. The van der Waals surface area contributed by atoms with Crippen molar-refractivity contribution < 1.29 is 14.3 Å². The zero-order valence-corrected chi connectivity index (χ0v) is 21.3. The summed E-state index contributed by atoms with van der Waals surface area (Å²) in [5.41, 5.74) is 3.00. The third kappa shape index (κ3) is 6.47. The molecule has 0 radical (unpaired) electrons. The number of thioether (sulfide) groups is 1. The Morgan fingerprint density at radius 3 is 2.53 bits per heavy atom. The summed E-state index contributed by atoms with van der Waals surface area (Å²) >= 11 is 6.20. The van der Waals surface area contributed by atoms with Crippen LogP contribution in [0.25, 0.3) is 11.3 Å². The minimum atomic E-state index is -0.215. The van der Waals surface area contributed by atoms with E-state index < -0.39 is 0 Å². The Morgan fingerprint density at radius 1 is 1.03 bits per heavy atom. The molecule has 9 heteroatoms. The molecule has 1 heterocycles. The van der Waals surface area contributed by atoms with Crippen LogP contribution < -0.4 is 15.4 Å². The lowest BCUT2D eigenvalue weighted by Gasteiger charge is -2.08.